The van der Waals surface area contributed by atoms with Crippen molar-refractivity contribution in [3.63, 3.8) is 0 Å². The molecular weight excluding hydrogens is 464 g/mol. The monoisotopic (exact) mass is 496 g/mol. The molecule has 3 aliphatic rings. The minimum Gasteiger partial charge on any atom is -0.496 e. The minimum atomic E-state index is -0.985. The number of carbonyl (C=O) groups excluding carboxylic acids is 4. The summed E-state index contributed by atoms with van der Waals surface area (Å²) in [5.41, 5.74) is 1.06. The molecule has 4 N–H and O–H groups in total. The first-order valence-electron chi connectivity index (χ1n) is 12.5. The zero-order valence-corrected chi connectivity index (χ0v) is 20.3. The number of aromatic amines is 1. The van der Waals surface area contributed by atoms with Crippen LogP contribution in [0.3, 0.4) is 0 Å². The number of ketones is 1. The molecule has 1 saturated carbocycles. The first-order chi connectivity index (χ1) is 17.3. The smallest absolute Gasteiger partial charge is 0.271 e. The molecule has 1 spiro atoms. The summed E-state index contributed by atoms with van der Waals surface area (Å²) in [7, 11) is 1.57. The number of aromatic nitrogens is 1. The molecular formula is C26H32N4O6. The maximum absolute atomic E-state index is 13.6. The van der Waals surface area contributed by atoms with E-state index in [4.69, 9.17) is 4.74 Å². The van der Waals surface area contributed by atoms with E-state index in [-0.39, 0.29) is 23.7 Å². The Hall–Kier alpha value is -3.40. The van der Waals surface area contributed by atoms with Gasteiger partial charge in [0.15, 0.2) is 5.78 Å². The van der Waals surface area contributed by atoms with Gasteiger partial charge in [-0.2, -0.15) is 0 Å². The molecule has 192 valence electrons. The summed E-state index contributed by atoms with van der Waals surface area (Å²) in [5.74, 6) is -1.15. The fourth-order valence-corrected chi connectivity index (χ4v) is 5.61. The van der Waals surface area contributed by atoms with Crippen molar-refractivity contribution in [3.05, 3.63) is 30.0 Å². The Morgan fingerprint density at radius 3 is 2.81 bits per heavy atom. The van der Waals surface area contributed by atoms with Crippen LogP contribution < -0.4 is 15.4 Å². The Kier molecular flexibility index (Phi) is 6.46. The van der Waals surface area contributed by atoms with E-state index in [2.05, 4.69) is 15.6 Å². The number of hydrogen-bond acceptors (Lipinski definition) is 6. The van der Waals surface area contributed by atoms with Gasteiger partial charge in [0.1, 0.15) is 24.1 Å². The average molecular weight is 497 g/mol. The predicted molar refractivity (Wildman–Crippen MR) is 130 cm³/mol. The molecule has 3 atom stereocenters. The van der Waals surface area contributed by atoms with E-state index in [1.807, 2.05) is 18.2 Å². The zero-order chi connectivity index (χ0) is 25.4. The van der Waals surface area contributed by atoms with Crippen molar-refractivity contribution < 1.29 is 29.0 Å². The number of nitrogens with one attached hydrogen (secondary N) is 3. The number of amides is 3. The maximum Gasteiger partial charge on any atom is 0.271 e. The molecule has 3 unspecified atom stereocenters. The Labute approximate surface area is 208 Å². The molecule has 1 aliphatic carbocycles. The van der Waals surface area contributed by atoms with Gasteiger partial charge in [-0.15, -0.1) is 0 Å². The van der Waals surface area contributed by atoms with Gasteiger partial charge in [-0.05, 0) is 62.1 Å². The van der Waals surface area contributed by atoms with Crippen molar-refractivity contribution in [3.8, 4) is 5.75 Å². The van der Waals surface area contributed by atoms with E-state index in [1.165, 1.54) is 0 Å². The van der Waals surface area contributed by atoms with Crippen molar-refractivity contribution in [2.75, 3.05) is 26.8 Å². The maximum atomic E-state index is 13.6. The second kappa shape index (κ2) is 9.57. The molecule has 2 aliphatic heterocycles. The van der Waals surface area contributed by atoms with E-state index in [9.17, 15) is 24.3 Å². The number of nitrogens with zero attached hydrogens (tertiary/aromatic N) is 1. The summed E-state index contributed by atoms with van der Waals surface area (Å²) < 4.78 is 5.41. The third-order valence-corrected chi connectivity index (χ3v) is 7.88. The summed E-state index contributed by atoms with van der Waals surface area (Å²) in [6.07, 6.45) is 3.97. The molecule has 5 rings (SSSR count). The Morgan fingerprint density at radius 2 is 2.11 bits per heavy atom. The van der Waals surface area contributed by atoms with E-state index < -0.39 is 36.3 Å². The number of hydrogen-bond donors (Lipinski definition) is 4. The SMILES string of the molecule is COc1cccc2[nH]c(C(=O)N3CC4(CC4)CC3C(=O)NC(CC3CCCNC3=O)C(=O)CO)cc12. The van der Waals surface area contributed by atoms with Crippen LogP contribution in [0.2, 0.25) is 0 Å². The fourth-order valence-electron chi connectivity index (χ4n) is 5.61. The number of methoxy groups -OCH3 is 1. The van der Waals surface area contributed by atoms with E-state index in [0.29, 0.717) is 37.4 Å². The Balaban J connectivity index is 1.36. The lowest BCUT2D eigenvalue weighted by Crippen LogP contribution is -2.52. The lowest BCUT2D eigenvalue weighted by atomic mass is 9.90. The van der Waals surface area contributed by atoms with Gasteiger partial charge < -0.3 is 30.4 Å². The highest BCUT2D eigenvalue weighted by atomic mass is 16.5. The second-order valence-corrected chi connectivity index (χ2v) is 10.3. The van der Waals surface area contributed by atoms with Crippen LogP contribution in [0.15, 0.2) is 24.3 Å². The summed E-state index contributed by atoms with van der Waals surface area (Å²) in [4.78, 5) is 56.5. The molecule has 36 heavy (non-hydrogen) atoms. The number of carbonyl (C=O) groups is 4. The summed E-state index contributed by atoms with van der Waals surface area (Å²) in [6.45, 7) is 0.342. The lowest BCUT2D eigenvalue weighted by molar-refractivity contribution is -0.133. The molecule has 3 amide bonds. The number of ether oxygens (including phenoxy) is 1. The fraction of sp³-hybridized carbons (Fsp3) is 0.538. The minimum absolute atomic E-state index is 0.0683. The largest absolute Gasteiger partial charge is 0.496 e. The summed E-state index contributed by atoms with van der Waals surface area (Å²) in [6, 6.07) is 5.53. The molecule has 10 heteroatoms. The Morgan fingerprint density at radius 1 is 1.31 bits per heavy atom. The summed E-state index contributed by atoms with van der Waals surface area (Å²) in [5, 5.41) is 15.8. The van der Waals surface area contributed by atoms with Crippen molar-refractivity contribution in [1.82, 2.24) is 20.5 Å². The Bertz CT molecular complexity index is 1200. The van der Waals surface area contributed by atoms with Crippen LogP contribution in [0.4, 0.5) is 0 Å². The van der Waals surface area contributed by atoms with E-state index in [0.717, 1.165) is 30.2 Å². The van der Waals surface area contributed by atoms with Crippen LogP contribution in [-0.4, -0.2) is 77.4 Å². The number of rotatable bonds is 8. The molecule has 3 heterocycles. The number of aliphatic hydroxyl groups excluding tert-OH is 1. The highest BCUT2D eigenvalue weighted by Crippen LogP contribution is 2.55. The number of benzene rings is 1. The highest BCUT2D eigenvalue weighted by molar-refractivity contribution is 6.02. The van der Waals surface area contributed by atoms with Gasteiger partial charge in [0, 0.05) is 29.9 Å². The van der Waals surface area contributed by atoms with Gasteiger partial charge in [-0.1, -0.05) is 6.07 Å². The van der Waals surface area contributed by atoms with E-state index >= 15 is 0 Å². The van der Waals surface area contributed by atoms with Crippen molar-refractivity contribution in [1.29, 1.82) is 0 Å². The lowest BCUT2D eigenvalue weighted by Gasteiger charge is -2.28. The molecule has 2 saturated heterocycles. The first-order valence-corrected chi connectivity index (χ1v) is 12.5. The molecule has 3 fully saturated rings. The number of H-pyrrole nitrogens is 1. The van der Waals surface area contributed by atoms with Gasteiger partial charge in [0.05, 0.1) is 13.2 Å². The summed E-state index contributed by atoms with van der Waals surface area (Å²) >= 11 is 0. The molecule has 0 bridgehead atoms. The number of likely N-dealkylation sites (tertiary alicyclic amines) is 1. The van der Waals surface area contributed by atoms with Crippen molar-refractivity contribution in [2.45, 2.75) is 50.6 Å². The van der Waals surface area contributed by atoms with Crippen molar-refractivity contribution in [2.24, 2.45) is 11.3 Å². The first kappa shape index (κ1) is 24.3. The topological polar surface area (TPSA) is 141 Å². The number of fused-ring (bicyclic) bond motifs is 1. The average Bonchev–Trinajstić information content (AvgIpc) is 3.32. The van der Waals surface area contributed by atoms with Crippen molar-refractivity contribution >= 4 is 34.4 Å². The normalized spacial score (nSPS) is 23.4. The van der Waals surface area contributed by atoms with Crippen LogP contribution in [-0.2, 0) is 14.4 Å². The number of Topliss-reactive ketones (excluding diaryl/α,β-unsaturated/α-hetero) is 1. The van der Waals surface area contributed by atoms with Gasteiger partial charge in [-0.3, -0.25) is 19.2 Å². The standard InChI is InChI=1S/C26H32N4O6/c1-36-22-6-2-5-17-16(22)11-19(28-17)25(35)30-14-26(7-8-26)12-20(30)24(34)29-18(21(32)13-31)10-15-4-3-9-27-23(15)33/h2,5-6,11,15,18,20,28,31H,3-4,7-10,12-14H2,1H3,(H,27,33)(H,29,34). The second-order valence-electron chi connectivity index (χ2n) is 10.3. The van der Waals surface area contributed by atoms with Crippen LogP contribution >= 0.6 is 0 Å². The molecule has 1 aromatic carbocycles. The quantitative estimate of drug-likeness (QED) is 0.432. The third-order valence-electron chi connectivity index (χ3n) is 7.88. The van der Waals surface area contributed by atoms with Gasteiger partial charge >= 0.3 is 0 Å². The predicted octanol–water partition coefficient (Wildman–Crippen LogP) is 1.13. The van der Waals surface area contributed by atoms with Crippen LogP contribution in [0, 0.1) is 11.3 Å². The molecule has 2 aromatic rings. The van der Waals surface area contributed by atoms with E-state index in [1.54, 1.807) is 18.1 Å². The molecule has 10 nitrogen and oxygen atoms in total. The van der Waals surface area contributed by atoms with Crippen LogP contribution in [0.25, 0.3) is 10.9 Å². The third kappa shape index (κ3) is 4.57. The van der Waals surface area contributed by atoms with Gasteiger partial charge in [0.25, 0.3) is 5.91 Å². The molecule has 1 aromatic heterocycles. The number of piperidine rings is 1. The zero-order valence-electron chi connectivity index (χ0n) is 20.3. The molecule has 0 radical (unpaired) electrons. The van der Waals surface area contributed by atoms with Crippen LogP contribution in [0.5, 0.6) is 5.75 Å². The van der Waals surface area contributed by atoms with Gasteiger partial charge in [0.2, 0.25) is 11.8 Å². The number of aliphatic hydroxyl groups is 1. The highest BCUT2D eigenvalue weighted by Gasteiger charge is 2.55. The van der Waals surface area contributed by atoms with Crippen LogP contribution in [0.1, 0.15) is 49.0 Å². The van der Waals surface area contributed by atoms with Gasteiger partial charge in [-0.25, -0.2) is 0 Å².